The van der Waals surface area contributed by atoms with Gasteiger partial charge in [-0.05, 0) is 23.8 Å². The lowest BCUT2D eigenvalue weighted by Crippen LogP contribution is -2.29. The molecule has 0 aliphatic rings. The Kier molecular flexibility index (Phi) is 3.59. The largest absolute Gasteiger partial charge is 0.486 e. The minimum Gasteiger partial charge on any atom is -0.444 e. The summed E-state index contributed by atoms with van der Waals surface area (Å²) in [5, 5.41) is 21.8. The maximum atomic E-state index is 9.47. The Morgan fingerprint density at radius 2 is 2.29 bits per heavy atom. The normalized spacial score (nSPS) is 12.1. The van der Waals surface area contributed by atoms with Crippen LogP contribution >= 0.6 is 11.6 Å². The van der Waals surface area contributed by atoms with Crippen LogP contribution in [0.15, 0.2) is 24.3 Å². The summed E-state index contributed by atoms with van der Waals surface area (Å²) < 4.78 is 0.634. The van der Waals surface area contributed by atoms with Crippen molar-refractivity contribution >= 4 is 23.3 Å². The lowest BCUT2D eigenvalue weighted by atomic mass is 10.3. The first-order chi connectivity index (χ1) is 6.65. The Morgan fingerprint density at radius 1 is 1.57 bits per heavy atom. The van der Waals surface area contributed by atoms with Crippen LogP contribution in [0.1, 0.15) is 6.92 Å². The molecule has 0 saturated carbocycles. The third kappa shape index (κ3) is 2.53. The van der Waals surface area contributed by atoms with Crippen molar-refractivity contribution in [3.8, 4) is 0 Å². The highest BCUT2D eigenvalue weighted by molar-refractivity contribution is 6.30. The van der Waals surface area contributed by atoms with E-state index in [2.05, 4.69) is 5.32 Å². The number of amidine groups is 1. The van der Waals surface area contributed by atoms with Crippen molar-refractivity contribution in [1.82, 2.24) is 5.32 Å². The van der Waals surface area contributed by atoms with Gasteiger partial charge in [0.1, 0.15) is 0 Å². The second-order valence-corrected chi connectivity index (χ2v) is 3.08. The van der Waals surface area contributed by atoms with Crippen LogP contribution in [0.2, 0.25) is 5.02 Å². The van der Waals surface area contributed by atoms with E-state index in [0.29, 0.717) is 22.0 Å². The van der Waals surface area contributed by atoms with Gasteiger partial charge in [0, 0.05) is 11.1 Å². The molecule has 0 heterocycles. The molecule has 0 fully saturated rings. The lowest BCUT2D eigenvalue weighted by Gasteiger charge is -1.99. The van der Waals surface area contributed by atoms with Gasteiger partial charge in [-0.25, -0.2) is 5.32 Å². The van der Waals surface area contributed by atoms with E-state index in [0.717, 1.165) is 0 Å². The van der Waals surface area contributed by atoms with E-state index in [1.54, 1.807) is 18.2 Å². The summed E-state index contributed by atoms with van der Waals surface area (Å²) >= 11 is 5.72. The van der Waals surface area contributed by atoms with Gasteiger partial charge in [0.2, 0.25) is 0 Å². The van der Waals surface area contributed by atoms with E-state index in [-0.39, 0.29) is 6.02 Å². The Bertz CT molecular complexity index is 352. The maximum Gasteiger partial charge on any atom is 0.486 e. The van der Waals surface area contributed by atoms with Crippen LogP contribution < -0.4 is 5.32 Å². The number of aliphatic hydroxyl groups is 1. The predicted octanol–water partition coefficient (Wildman–Crippen LogP) is 1.90. The van der Waals surface area contributed by atoms with Gasteiger partial charge in [0.15, 0.2) is 5.69 Å². The molecule has 0 aromatic heterocycles. The van der Waals surface area contributed by atoms with E-state index in [1.807, 2.05) is 6.92 Å². The molecule has 0 atom stereocenters. The fourth-order valence-electron chi connectivity index (χ4n) is 0.963. The molecule has 0 aliphatic carbocycles. The summed E-state index contributed by atoms with van der Waals surface area (Å²) in [6.07, 6.45) is 0. The molecule has 0 unspecified atom stereocenters. The minimum absolute atomic E-state index is 0.324. The van der Waals surface area contributed by atoms with Crippen LogP contribution in [0.25, 0.3) is 0 Å². The summed E-state index contributed by atoms with van der Waals surface area (Å²) in [7, 11) is 0. The Balaban J connectivity index is 2.99. The van der Waals surface area contributed by atoms with E-state index in [4.69, 9.17) is 11.6 Å². The highest BCUT2D eigenvalue weighted by Gasteiger charge is 2.11. The molecule has 5 heteroatoms. The second kappa shape index (κ2) is 4.72. The van der Waals surface area contributed by atoms with Gasteiger partial charge in [-0.3, -0.25) is 0 Å². The van der Waals surface area contributed by atoms with Crippen LogP contribution in [-0.2, 0) is 0 Å². The van der Waals surface area contributed by atoms with Gasteiger partial charge in [-0.1, -0.05) is 17.7 Å². The summed E-state index contributed by atoms with van der Waals surface area (Å²) in [5.41, 5.74) is 0.399. The zero-order valence-corrected chi connectivity index (χ0v) is 8.49. The number of hydrogen-bond donors (Lipinski definition) is 3. The van der Waals surface area contributed by atoms with Gasteiger partial charge in [0.25, 0.3) is 0 Å². The van der Waals surface area contributed by atoms with Gasteiger partial charge in [0.05, 0.1) is 6.54 Å². The molecule has 4 nitrogen and oxygen atoms in total. The highest BCUT2D eigenvalue weighted by atomic mass is 35.5. The molecule has 0 bridgehead atoms. The van der Waals surface area contributed by atoms with Crippen molar-refractivity contribution in [3.05, 3.63) is 29.3 Å². The smallest absolute Gasteiger partial charge is 0.444 e. The van der Waals surface area contributed by atoms with Crippen molar-refractivity contribution < 1.29 is 15.1 Å². The Morgan fingerprint density at radius 3 is 2.86 bits per heavy atom. The zero-order chi connectivity index (χ0) is 10.6. The zero-order valence-electron chi connectivity index (χ0n) is 7.74. The van der Waals surface area contributed by atoms with Crippen molar-refractivity contribution in [3.63, 3.8) is 0 Å². The van der Waals surface area contributed by atoms with Crippen LogP contribution in [0.4, 0.5) is 5.69 Å². The molecule has 1 aromatic rings. The molecule has 0 aliphatic heterocycles. The van der Waals surface area contributed by atoms with E-state index >= 15 is 0 Å². The summed E-state index contributed by atoms with van der Waals surface area (Å²) in [6.45, 7) is 2.32. The molecule has 0 amide bonds. The standard InChI is InChI=1S/C9H11ClN2O2/c1-2-11-9(13)12(14)8-5-3-4-7(10)6-8/h3-6,14H,2H2,1H3,(H,11,13)/p+1. The maximum absolute atomic E-state index is 9.47. The molecule has 14 heavy (non-hydrogen) atoms. The highest BCUT2D eigenvalue weighted by Crippen LogP contribution is 2.16. The fourth-order valence-corrected chi connectivity index (χ4v) is 1.15. The first kappa shape index (κ1) is 10.7. The summed E-state index contributed by atoms with van der Waals surface area (Å²) in [6, 6.07) is 6.20. The minimum atomic E-state index is -0.324. The fraction of sp³-hybridized carbons (Fsp3) is 0.222. The molecule has 0 spiro atoms. The number of benzene rings is 1. The number of hydrogen-bond acceptors (Lipinski definition) is 1. The van der Waals surface area contributed by atoms with E-state index in [9.17, 15) is 10.3 Å². The van der Waals surface area contributed by atoms with Crippen LogP contribution in [0, 0.1) is 0 Å². The topological polar surface area (TPSA) is 55.5 Å². The van der Waals surface area contributed by atoms with E-state index < -0.39 is 0 Å². The molecule has 76 valence electrons. The lowest BCUT2D eigenvalue weighted by molar-refractivity contribution is -0.719. The number of aliphatic hydroxyl groups excluding tert-OH is 1. The molecular formula is C9H12ClN2O2+. The second-order valence-electron chi connectivity index (χ2n) is 2.65. The molecule has 0 radical (unpaired) electrons. The summed E-state index contributed by atoms with van der Waals surface area (Å²) in [4.78, 5) is 0. The number of halogens is 1. The molecule has 3 N–H and O–H groups in total. The van der Waals surface area contributed by atoms with Gasteiger partial charge in [-0.2, -0.15) is 0 Å². The number of nitrogens with zero attached hydrogens (tertiary/aromatic N) is 1. The van der Waals surface area contributed by atoms with Crippen molar-refractivity contribution in [2.24, 2.45) is 0 Å². The molecular weight excluding hydrogens is 204 g/mol. The molecule has 1 rings (SSSR count). The van der Waals surface area contributed by atoms with Crippen LogP contribution in [0.3, 0.4) is 0 Å². The van der Waals surface area contributed by atoms with E-state index in [1.165, 1.54) is 6.07 Å². The van der Waals surface area contributed by atoms with Gasteiger partial charge >= 0.3 is 6.02 Å². The predicted molar refractivity (Wildman–Crippen MR) is 54.5 cm³/mol. The number of nitrogens with one attached hydrogen (secondary N) is 1. The summed E-state index contributed by atoms with van der Waals surface area (Å²) in [5.74, 6) is 0. The van der Waals surface area contributed by atoms with Crippen LogP contribution in [-0.4, -0.2) is 27.6 Å². The first-order valence-electron chi connectivity index (χ1n) is 4.19. The Labute approximate surface area is 87.0 Å². The van der Waals surface area contributed by atoms with Gasteiger partial charge in [-0.15, -0.1) is 0 Å². The SMILES string of the molecule is CCN/C(O)=[N+](/O)c1cccc(Cl)c1. The van der Waals surface area contributed by atoms with Crippen molar-refractivity contribution in [2.45, 2.75) is 6.92 Å². The number of rotatable bonds is 2. The average molecular weight is 216 g/mol. The quantitative estimate of drug-likeness (QED) is 0.232. The third-order valence-electron chi connectivity index (χ3n) is 1.59. The first-order valence-corrected chi connectivity index (χ1v) is 4.57. The van der Waals surface area contributed by atoms with Crippen LogP contribution in [0.5, 0.6) is 0 Å². The average Bonchev–Trinajstić information content (AvgIpc) is 2.17. The van der Waals surface area contributed by atoms with Gasteiger partial charge < -0.3 is 10.3 Å². The molecule has 0 saturated heterocycles. The monoisotopic (exact) mass is 215 g/mol. The third-order valence-corrected chi connectivity index (χ3v) is 1.82. The molecule has 1 aromatic carbocycles. The Hall–Kier alpha value is -1.42. The van der Waals surface area contributed by atoms with Crippen molar-refractivity contribution in [2.75, 3.05) is 6.54 Å². The van der Waals surface area contributed by atoms with Crippen molar-refractivity contribution in [1.29, 1.82) is 0 Å².